The maximum Gasteiger partial charge on any atom is 0.312 e. The van der Waals surface area contributed by atoms with Gasteiger partial charge in [-0.3, -0.25) is 14.4 Å². The van der Waals surface area contributed by atoms with Crippen LogP contribution in [0.4, 0.5) is 0 Å². The van der Waals surface area contributed by atoms with Crippen molar-refractivity contribution < 1.29 is 29.0 Å². The third-order valence-electron chi connectivity index (χ3n) is 7.59. The lowest BCUT2D eigenvalue weighted by Crippen LogP contribution is -2.41. The zero-order valence-electron chi connectivity index (χ0n) is 19.6. The van der Waals surface area contributed by atoms with Gasteiger partial charge in [0.1, 0.15) is 18.0 Å². The Bertz CT molecular complexity index is 751. The van der Waals surface area contributed by atoms with Gasteiger partial charge in [0.25, 0.3) is 0 Å². The number of hydrogen-bond acceptors (Lipinski definition) is 6. The van der Waals surface area contributed by atoms with Crippen molar-refractivity contribution in [1.82, 2.24) is 0 Å². The van der Waals surface area contributed by atoms with Crippen molar-refractivity contribution in [3.63, 3.8) is 0 Å². The molecule has 0 radical (unpaired) electrons. The summed E-state index contributed by atoms with van der Waals surface area (Å²) in [6.45, 7) is 9.91. The summed E-state index contributed by atoms with van der Waals surface area (Å²) in [6.07, 6.45) is 3.27. The van der Waals surface area contributed by atoms with Crippen LogP contribution >= 0.6 is 0 Å². The minimum atomic E-state index is -0.660. The highest BCUT2D eigenvalue weighted by Gasteiger charge is 2.43. The van der Waals surface area contributed by atoms with E-state index in [0.29, 0.717) is 38.0 Å². The van der Waals surface area contributed by atoms with Crippen molar-refractivity contribution in [2.45, 2.75) is 104 Å². The highest BCUT2D eigenvalue weighted by Crippen LogP contribution is 2.46. The van der Waals surface area contributed by atoms with Gasteiger partial charge in [0.2, 0.25) is 0 Å². The predicted molar refractivity (Wildman–Crippen MR) is 116 cm³/mol. The van der Waals surface area contributed by atoms with Crippen LogP contribution in [-0.2, 0) is 23.9 Å². The number of cyclic esters (lactones) is 1. The van der Waals surface area contributed by atoms with Crippen LogP contribution in [-0.4, -0.2) is 41.1 Å². The minimum absolute atomic E-state index is 0.0240. The summed E-state index contributed by atoms with van der Waals surface area (Å²) in [7, 11) is 0. The molecule has 0 bridgehead atoms. The second-order valence-corrected chi connectivity index (χ2v) is 10.6. The number of carbonyl (C=O) groups excluding carboxylic acids is 3. The lowest BCUT2D eigenvalue weighted by Gasteiger charge is -2.42. The fourth-order valence-corrected chi connectivity index (χ4v) is 5.24. The highest BCUT2D eigenvalue weighted by molar-refractivity contribution is 5.85. The summed E-state index contributed by atoms with van der Waals surface area (Å²) in [6, 6.07) is 0. The first-order chi connectivity index (χ1) is 14.5. The molecule has 1 heterocycles. The third kappa shape index (κ3) is 5.39. The van der Waals surface area contributed by atoms with Gasteiger partial charge >= 0.3 is 11.9 Å². The van der Waals surface area contributed by atoms with E-state index in [4.69, 9.17) is 9.47 Å². The Hall–Kier alpha value is -1.69. The van der Waals surface area contributed by atoms with Crippen molar-refractivity contribution in [3.05, 3.63) is 11.1 Å². The molecule has 1 saturated heterocycles. The minimum Gasteiger partial charge on any atom is -0.462 e. The molecule has 0 saturated carbocycles. The Morgan fingerprint density at radius 1 is 1.16 bits per heavy atom. The molecular formula is C25H38O6. The van der Waals surface area contributed by atoms with Crippen molar-refractivity contribution in [2.24, 2.45) is 23.2 Å². The number of hydrogen-bond donors (Lipinski definition) is 1. The smallest absolute Gasteiger partial charge is 0.312 e. The molecular weight excluding hydrogens is 396 g/mol. The van der Waals surface area contributed by atoms with Gasteiger partial charge in [-0.05, 0) is 63.4 Å². The van der Waals surface area contributed by atoms with E-state index >= 15 is 0 Å². The van der Waals surface area contributed by atoms with Gasteiger partial charge in [-0.2, -0.15) is 0 Å². The number of esters is 2. The van der Waals surface area contributed by atoms with Gasteiger partial charge in [-0.15, -0.1) is 0 Å². The zero-order chi connectivity index (χ0) is 22.9. The van der Waals surface area contributed by atoms with Crippen LogP contribution in [0.15, 0.2) is 11.1 Å². The molecule has 3 aliphatic rings. The molecule has 31 heavy (non-hydrogen) atoms. The molecule has 174 valence electrons. The summed E-state index contributed by atoms with van der Waals surface area (Å²) in [5.41, 5.74) is 1.73. The summed E-state index contributed by atoms with van der Waals surface area (Å²) in [4.78, 5) is 37.4. The lowest BCUT2D eigenvalue weighted by atomic mass is 9.66. The van der Waals surface area contributed by atoms with Crippen LogP contribution in [0.5, 0.6) is 0 Å². The van der Waals surface area contributed by atoms with Gasteiger partial charge in [-0.25, -0.2) is 0 Å². The Morgan fingerprint density at radius 3 is 2.52 bits per heavy atom. The van der Waals surface area contributed by atoms with Crippen molar-refractivity contribution in [1.29, 1.82) is 0 Å². The normalized spacial score (nSPS) is 34.3. The van der Waals surface area contributed by atoms with Gasteiger partial charge < -0.3 is 14.6 Å². The standard InChI is InChI=1S/C25H38O6/c1-6-25(4,5)24(29)31-21-10-14(2)9-16-11-20(27)15(3)19(23(16)21)8-7-18-12-17(26)13-22(28)30-18/h14-15,17-19,21,26H,6-13H2,1-5H3/t14-,15+,17+,18-,19-,21-/m1/s1. The molecule has 0 amide bonds. The number of ketones is 1. The molecule has 6 atom stereocenters. The van der Waals surface area contributed by atoms with Gasteiger partial charge in [0.15, 0.2) is 0 Å². The van der Waals surface area contributed by atoms with Crippen molar-refractivity contribution >= 4 is 17.7 Å². The van der Waals surface area contributed by atoms with E-state index in [1.165, 1.54) is 0 Å². The van der Waals surface area contributed by atoms with E-state index in [1.54, 1.807) is 0 Å². The second kappa shape index (κ2) is 9.43. The highest BCUT2D eigenvalue weighted by atomic mass is 16.6. The summed E-state index contributed by atoms with van der Waals surface area (Å²) in [5, 5.41) is 9.92. The maximum atomic E-state index is 12.9. The van der Waals surface area contributed by atoms with E-state index < -0.39 is 11.5 Å². The van der Waals surface area contributed by atoms with Crippen LogP contribution in [0.1, 0.15) is 86.0 Å². The maximum absolute atomic E-state index is 12.9. The Morgan fingerprint density at radius 2 is 1.87 bits per heavy atom. The van der Waals surface area contributed by atoms with Crippen molar-refractivity contribution in [3.8, 4) is 0 Å². The summed E-state index contributed by atoms with van der Waals surface area (Å²) >= 11 is 0. The lowest BCUT2D eigenvalue weighted by molar-refractivity contribution is -0.162. The van der Waals surface area contributed by atoms with Crippen LogP contribution in [0.3, 0.4) is 0 Å². The second-order valence-electron chi connectivity index (χ2n) is 10.6. The average molecular weight is 435 g/mol. The molecule has 0 spiro atoms. The van der Waals surface area contributed by atoms with E-state index in [1.807, 2.05) is 27.7 Å². The van der Waals surface area contributed by atoms with Crippen molar-refractivity contribution in [2.75, 3.05) is 0 Å². The van der Waals surface area contributed by atoms with E-state index in [-0.39, 0.29) is 48.2 Å². The number of allylic oxidation sites excluding steroid dienone is 1. The molecule has 1 N–H and O–H groups in total. The number of rotatable bonds is 6. The monoisotopic (exact) mass is 434 g/mol. The quantitative estimate of drug-likeness (QED) is 0.499. The summed E-state index contributed by atoms with van der Waals surface area (Å²) < 4.78 is 11.5. The van der Waals surface area contributed by atoms with Gasteiger partial charge in [0, 0.05) is 18.8 Å². The largest absolute Gasteiger partial charge is 0.462 e. The van der Waals surface area contributed by atoms with Crippen LogP contribution in [0, 0.1) is 23.2 Å². The van der Waals surface area contributed by atoms with Crippen LogP contribution < -0.4 is 0 Å². The zero-order valence-corrected chi connectivity index (χ0v) is 19.6. The fourth-order valence-electron chi connectivity index (χ4n) is 5.24. The number of aliphatic hydroxyl groups excluding tert-OH is 1. The topological polar surface area (TPSA) is 89.9 Å². The molecule has 1 aliphatic heterocycles. The Kier molecular flexibility index (Phi) is 7.29. The third-order valence-corrected chi connectivity index (χ3v) is 7.59. The molecule has 0 aromatic carbocycles. The number of ether oxygens (including phenoxy) is 2. The molecule has 0 aromatic heterocycles. The summed E-state index contributed by atoms with van der Waals surface area (Å²) in [5.74, 6) is -0.138. The molecule has 0 aromatic rings. The number of carbonyl (C=O) groups is 3. The molecule has 1 fully saturated rings. The van der Waals surface area contributed by atoms with E-state index in [2.05, 4.69) is 6.92 Å². The number of aliphatic hydroxyl groups is 1. The predicted octanol–water partition coefficient (Wildman–Crippen LogP) is 4.13. The molecule has 0 unspecified atom stereocenters. The molecule has 3 rings (SSSR count). The van der Waals surface area contributed by atoms with Crippen LogP contribution in [0.2, 0.25) is 0 Å². The molecule has 6 heteroatoms. The average Bonchev–Trinajstić information content (AvgIpc) is 2.67. The fraction of sp³-hybridized carbons (Fsp3) is 0.800. The van der Waals surface area contributed by atoms with Crippen LogP contribution in [0.25, 0.3) is 0 Å². The first-order valence-corrected chi connectivity index (χ1v) is 11.8. The molecule has 6 nitrogen and oxygen atoms in total. The SMILES string of the molecule is CCC(C)(C)C(=O)O[C@@H]1C[C@H](C)CC2=C1[C@H](CC[C@@H]1C[C@H](O)CC(=O)O1)[C@H](C)C(=O)C2. The Labute approximate surface area is 185 Å². The first kappa shape index (κ1) is 24.0. The van der Waals surface area contributed by atoms with Gasteiger partial charge in [-0.1, -0.05) is 26.3 Å². The molecule has 2 aliphatic carbocycles. The van der Waals surface area contributed by atoms with E-state index in [9.17, 15) is 19.5 Å². The Balaban J connectivity index is 1.82. The number of Topliss-reactive ketones (excluding diaryl/α,β-unsaturated/α-hetero) is 1. The first-order valence-electron chi connectivity index (χ1n) is 11.8. The van der Waals surface area contributed by atoms with E-state index in [0.717, 1.165) is 24.0 Å². The van der Waals surface area contributed by atoms with Gasteiger partial charge in [0.05, 0.1) is 17.9 Å².